The standard InChI is InChI=1S/C13H17NS/c1-3-4-8-12(14)10-15-13-9-6-5-7-11(13)2/h1,5-7,9,12H,4,8,10,14H2,2H3. The van der Waals surface area contributed by atoms with Crippen molar-refractivity contribution in [1.82, 2.24) is 0 Å². The van der Waals surface area contributed by atoms with Crippen molar-refractivity contribution >= 4 is 11.8 Å². The molecule has 1 aromatic rings. The van der Waals surface area contributed by atoms with Crippen LogP contribution in [0.3, 0.4) is 0 Å². The molecule has 1 nitrogen and oxygen atoms in total. The van der Waals surface area contributed by atoms with Crippen molar-refractivity contribution in [3.63, 3.8) is 0 Å². The topological polar surface area (TPSA) is 26.0 Å². The summed E-state index contributed by atoms with van der Waals surface area (Å²) in [5.74, 6) is 3.56. The van der Waals surface area contributed by atoms with E-state index in [4.69, 9.17) is 12.2 Å². The first-order chi connectivity index (χ1) is 7.24. The van der Waals surface area contributed by atoms with Crippen LogP contribution in [0.1, 0.15) is 18.4 Å². The van der Waals surface area contributed by atoms with Gasteiger partial charge in [-0.25, -0.2) is 0 Å². The number of aryl methyl sites for hydroxylation is 1. The number of rotatable bonds is 5. The molecular formula is C13H17NS. The summed E-state index contributed by atoms with van der Waals surface area (Å²) in [7, 11) is 0. The normalized spacial score (nSPS) is 12.1. The quantitative estimate of drug-likeness (QED) is 0.609. The second-order valence-electron chi connectivity index (χ2n) is 3.58. The highest BCUT2D eigenvalue weighted by atomic mass is 32.2. The van der Waals surface area contributed by atoms with Crippen LogP contribution in [-0.2, 0) is 0 Å². The lowest BCUT2D eigenvalue weighted by Crippen LogP contribution is -2.22. The number of hydrogen-bond donors (Lipinski definition) is 1. The lowest BCUT2D eigenvalue weighted by Gasteiger charge is -2.10. The van der Waals surface area contributed by atoms with Gasteiger partial charge in [0, 0.05) is 23.1 Å². The van der Waals surface area contributed by atoms with Gasteiger partial charge in [-0.05, 0) is 25.0 Å². The van der Waals surface area contributed by atoms with Crippen molar-refractivity contribution in [3.05, 3.63) is 29.8 Å². The summed E-state index contributed by atoms with van der Waals surface area (Å²) in [6.45, 7) is 2.12. The Morgan fingerprint density at radius 1 is 1.47 bits per heavy atom. The summed E-state index contributed by atoms with van der Waals surface area (Å²) in [5, 5.41) is 0. The number of thioether (sulfide) groups is 1. The van der Waals surface area contributed by atoms with Gasteiger partial charge in [-0.15, -0.1) is 24.1 Å². The van der Waals surface area contributed by atoms with E-state index >= 15 is 0 Å². The lowest BCUT2D eigenvalue weighted by atomic mass is 10.2. The van der Waals surface area contributed by atoms with Crippen molar-refractivity contribution in [2.45, 2.75) is 30.7 Å². The Labute approximate surface area is 96.4 Å². The molecule has 80 valence electrons. The average molecular weight is 219 g/mol. The van der Waals surface area contributed by atoms with Crippen LogP contribution in [0.5, 0.6) is 0 Å². The van der Waals surface area contributed by atoms with Crippen LogP contribution in [0.15, 0.2) is 29.2 Å². The third-order valence-electron chi connectivity index (χ3n) is 2.21. The molecule has 1 aromatic carbocycles. The van der Waals surface area contributed by atoms with Crippen molar-refractivity contribution in [3.8, 4) is 12.3 Å². The average Bonchev–Trinajstić information content (AvgIpc) is 2.25. The van der Waals surface area contributed by atoms with Gasteiger partial charge < -0.3 is 5.73 Å². The molecule has 1 rings (SSSR count). The number of benzene rings is 1. The minimum atomic E-state index is 0.200. The van der Waals surface area contributed by atoms with Crippen LogP contribution in [-0.4, -0.2) is 11.8 Å². The van der Waals surface area contributed by atoms with E-state index in [9.17, 15) is 0 Å². The van der Waals surface area contributed by atoms with Gasteiger partial charge >= 0.3 is 0 Å². The van der Waals surface area contributed by atoms with E-state index < -0.39 is 0 Å². The van der Waals surface area contributed by atoms with Crippen LogP contribution < -0.4 is 5.73 Å². The molecule has 0 saturated heterocycles. The van der Waals surface area contributed by atoms with Crippen molar-refractivity contribution in [2.24, 2.45) is 5.73 Å². The van der Waals surface area contributed by atoms with Crippen LogP contribution in [0, 0.1) is 19.3 Å². The predicted molar refractivity (Wildman–Crippen MR) is 67.9 cm³/mol. The van der Waals surface area contributed by atoms with E-state index in [2.05, 4.69) is 37.1 Å². The highest BCUT2D eigenvalue weighted by Gasteiger charge is 2.03. The molecule has 0 fully saturated rings. The molecule has 0 amide bonds. The molecule has 2 N–H and O–H groups in total. The van der Waals surface area contributed by atoms with Gasteiger partial charge in [0.1, 0.15) is 0 Å². The molecule has 0 radical (unpaired) electrons. The van der Waals surface area contributed by atoms with Gasteiger partial charge in [0.25, 0.3) is 0 Å². The highest BCUT2D eigenvalue weighted by Crippen LogP contribution is 2.22. The van der Waals surface area contributed by atoms with Crippen molar-refractivity contribution < 1.29 is 0 Å². The lowest BCUT2D eigenvalue weighted by molar-refractivity contribution is 0.692. The maximum atomic E-state index is 5.94. The fourth-order valence-electron chi connectivity index (χ4n) is 1.27. The van der Waals surface area contributed by atoms with Crippen LogP contribution in [0.4, 0.5) is 0 Å². The molecule has 15 heavy (non-hydrogen) atoms. The largest absolute Gasteiger partial charge is 0.327 e. The first-order valence-electron chi connectivity index (χ1n) is 5.11. The molecule has 0 aliphatic heterocycles. The molecule has 0 aliphatic carbocycles. The third kappa shape index (κ3) is 4.42. The van der Waals surface area contributed by atoms with E-state index in [0.717, 1.165) is 18.6 Å². The summed E-state index contributed by atoms with van der Waals surface area (Å²) in [6.07, 6.45) is 6.88. The van der Waals surface area contributed by atoms with Gasteiger partial charge in [0.2, 0.25) is 0 Å². The fraction of sp³-hybridized carbons (Fsp3) is 0.385. The Bertz CT molecular complexity index is 341. The molecular weight excluding hydrogens is 202 g/mol. The third-order valence-corrected chi connectivity index (χ3v) is 3.57. The Morgan fingerprint density at radius 2 is 2.20 bits per heavy atom. The van der Waals surface area contributed by atoms with Crippen LogP contribution in [0.2, 0.25) is 0 Å². The molecule has 0 spiro atoms. The molecule has 0 heterocycles. The van der Waals surface area contributed by atoms with E-state index in [-0.39, 0.29) is 6.04 Å². The van der Waals surface area contributed by atoms with Gasteiger partial charge in [0.05, 0.1) is 0 Å². The second kappa shape index (κ2) is 6.55. The summed E-state index contributed by atoms with van der Waals surface area (Å²) >= 11 is 1.81. The fourth-order valence-corrected chi connectivity index (χ4v) is 2.30. The van der Waals surface area contributed by atoms with E-state index in [1.807, 2.05) is 11.8 Å². The minimum Gasteiger partial charge on any atom is -0.327 e. The maximum absolute atomic E-state index is 5.94. The van der Waals surface area contributed by atoms with E-state index in [1.165, 1.54) is 10.5 Å². The van der Waals surface area contributed by atoms with Crippen molar-refractivity contribution in [1.29, 1.82) is 0 Å². The minimum absolute atomic E-state index is 0.200. The molecule has 1 atom stereocenters. The first kappa shape index (κ1) is 12.2. The van der Waals surface area contributed by atoms with E-state index in [1.54, 1.807) is 0 Å². The predicted octanol–water partition coefficient (Wildman–Crippen LogP) is 2.83. The summed E-state index contributed by atoms with van der Waals surface area (Å²) in [6, 6.07) is 8.56. The Hall–Kier alpha value is -0.910. The van der Waals surface area contributed by atoms with E-state index in [0.29, 0.717) is 0 Å². The van der Waals surface area contributed by atoms with Crippen LogP contribution in [0.25, 0.3) is 0 Å². The summed E-state index contributed by atoms with van der Waals surface area (Å²) in [4.78, 5) is 1.31. The SMILES string of the molecule is C#CCCC(N)CSc1ccccc1C. The molecule has 1 unspecified atom stereocenters. The Kier molecular flexibility index (Phi) is 5.31. The van der Waals surface area contributed by atoms with Gasteiger partial charge in [-0.2, -0.15) is 0 Å². The zero-order valence-electron chi connectivity index (χ0n) is 9.07. The number of hydrogen-bond acceptors (Lipinski definition) is 2. The maximum Gasteiger partial charge on any atom is 0.0143 e. The van der Waals surface area contributed by atoms with Gasteiger partial charge in [-0.3, -0.25) is 0 Å². The Balaban J connectivity index is 2.37. The summed E-state index contributed by atoms with van der Waals surface area (Å²) in [5.41, 5.74) is 7.25. The first-order valence-corrected chi connectivity index (χ1v) is 6.10. The van der Waals surface area contributed by atoms with Crippen LogP contribution >= 0.6 is 11.8 Å². The molecule has 0 saturated carbocycles. The molecule has 2 heteroatoms. The van der Waals surface area contributed by atoms with Gasteiger partial charge in [-0.1, -0.05) is 18.2 Å². The molecule has 0 bridgehead atoms. The zero-order chi connectivity index (χ0) is 11.1. The number of terminal acetylenes is 1. The highest BCUT2D eigenvalue weighted by molar-refractivity contribution is 7.99. The Morgan fingerprint density at radius 3 is 2.87 bits per heavy atom. The number of nitrogens with two attached hydrogens (primary N) is 1. The van der Waals surface area contributed by atoms with Crippen molar-refractivity contribution in [2.75, 3.05) is 5.75 Å². The van der Waals surface area contributed by atoms with Gasteiger partial charge in [0.15, 0.2) is 0 Å². The molecule has 0 aliphatic rings. The summed E-state index contributed by atoms with van der Waals surface area (Å²) < 4.78 is 0. The zero-order valence-corrected chi connectivity index (χ0v) is 9.89. The second-order valence-corrected chi connectivity index (χ2v) is 4.64. The monoisotopic (exact) mass is 219 g/mol. The molecule has 0 aromatic heterocycles. The smallest absolute Gasteiger partial charge is 0.0143 e.